The Morgan fingerprint density at radius 2 is 2.41 bits per heavy atom. The van der Waals surface area contributed by atoms with Gasteiger partial charge < -0.3 is 5.32 Å². The van der Waals surface area contributed by atoms with Crippen molar-refractivity contribution in [3.8, 4) is 6.07 Å². The number of nitriles is 1. The van der Waals surface area contributed by atoms with Gasteiger partial charge in [0, 0.05) is 24.5 Å². The first-order valence-corrected chi connectivity index (χ1v) is 6.30. The van der Waals surface area contributed by atoms with Crippen LogP contribution in [0, 0.1) is 11.3 Å². The SMILES string of the molecule is N#CCN1CCC(NC(=O)c2csnn2)CC1. The molecule has 0 atom stereocenters. The number of nitrogens with zero attached hydrogens (tertiary/aromatic N) is 4. The third-order valence-corrected chi connectivity index (χ3v) is 3.31. The van der Waals surface area contributed by atoms with E-state index >= 15 is 0 Å². The predicted molar refractivity (Wildman–Crippen MR) is 62.5 cm³/mol. The van der Waals surface area contributed by atoms with E-state index in [0.29, 0.717) is 12.2 Å². The zero-order valence-electron chi connectivity index (χ0n) is 9.30. The van der Waals surface area contributed by atoms with Crippen LogP contribution in [0.2, 0.25) is 0 Å². The van der Waals surface area contributed by atoms with Crippen molar-refractivity contribution < 1.29 is 4.79 Å². The maximum Gasteiger partial charge on any atom is 0.272 e. The highest BCUT2D eigenvalue weighted by molar-refractivity contribution is 7.03. The molecule has 1 aromatic heterocycles. The van der Waals surface area contributed by atoms with E-state index in [0.717, 1.165) is 25.9 Å². The summed E-state index contributed by atoms with van der Waals surface area (Å²) in [6.45, 7) is 2.18. The zero-order chi connectivity index (χ0) is 12.1. The standard InChI is InChI=1S/C10H13N5OS/c11-3-6-15-4-1-8(2-5-15)12-10(16)9-7-17-14-13-9/h7-8H,1-2,4-6H2,(H,12,16). The lowest BCUT2D eigenvalue weighted by molar-refractivity contribution is 0.0909. The molecule has 2 heterocycles. The second-order valence-corrected chi connectivity index (χ2v) is 4.58. The molecule has 0 unspecified atom stereocenters. The molecule has 2 rings (SSSR count). The summed E-state index contributed by atoms with van der Waals surface area (Å²) in [7, 11) is 0. The molecule has 1 saturated heterocycles. The van der Waals surface area contributed by atoms with Gasteiger partial charge in [-0.15, -0.1) is 5.10 Å². The fourth-order valence-corrected chi connectivity index (χ4v) is 2.29. The Kier molecular flexibility index (Phi) is 4.01. The highest BCUT2D eigenvalue weighted by atomic mass is 32.1. The molecule has 7 heteroatoms. The van der Waals surface area contributed by atoms with E-state index < -0.39 is 0 Å². The van der Waals surface area contributed by atoms with Crippen LogP contribution in [-0.4, -0.2) is 46.1 Å². The van der Waals surface area contributed by atoms with E-state index in [-0.39, 0.29) is 11.9 Å². The van der Waals surface area contributed by atoms with Crippen LogP contribution in [0.3, 0.4) is 0 Å². The summed E-state index contributed by atoms with van der Waals surface area (Å²) in [5.41, 5.74) is 0.384. The second-order valence-electron chi connectivity index (χ2n) is 3.97. The van der Waals surface area contributed by atoms with Crippen LogP contribution < -0.4 is 5.32 Å². The van der Waals surface area contributed by atoms with Crippen molar-refractivity contribution in [1.29, 1.82) is 5.26 Å². The molecule has 0 saturated carbocycles. The van der Waals surface area contributed by atoms with Crippen LogP contribution >= 0.6 is 11.5 Å². The van der Waals surface area contributed by atoms with E-state index in [9.17, 15) is 4.79 Å². The monoisotopic (exact) mass is 251 g/mol. The van der Waals surface area contributed by atoms with Gasteiger partial charge in [0.2, 0.25) is 0 Å². The molecule has 1 aliphatic rings. The van der Waals surface area contributed by atoms with Crippen LogP contribution in [-0.2, 0) is 0 Å². The Morgan fingerprint density at radius 1 is 1.65 bits per heavy atom. The van der Waals surface area contributed by atoms with E-state index in [1.54, 1.807) is 5.38 Å². The highest BCUT2D eigenvalue weighted by Crippen LogP contribution is 2.10. The number of hydrogen-bond donors (Lipinski definition) is 1. The fraction of sp³-hybridized carbons (Fsp3) is 0.600. The van der Waals surface area contributed by atoms with Gasteiger partial charge >= 0.3 is 0 Å². The van der Waals surface area contributed by atoms with Gasteiger partial charge in [0.1, 0.15) is 0 Å². The van der Waals surface area contributed by atoms with Gasteiger partial charge in [-0.1, -0.05) is 4.49 Å². The van der Waals surface area contributed by atoms with Gasteiger partial charge in [-0.2, -0.15) is 5.26 Å². The zero-order valence-corrected chi connectivity index (χ0v) is 10.1. The quantitative estimate of drug-likeness (QED) is 0.779. The summed E-state index contributed by atoms with van der Waals surface area (Å²) in [5.74, 6) is -0.155. The molecule has 17 heavy (non-hydrogen) atoms. The van der Waals surface area contributed by atoms with Crippen LogP contribution in [0.5, 0.6) is 0 Å². The molecule has 0 spiro atoms. The summed E-state index contributed by atoms with van der Waals surface area (Å²) in [6, 6.07) is 2.32. The van der Waals surface area contributed by atoms with Crippen LogP contribution in [0.15, 0.2) is 5.38 Å². The summed E-state index contributed by atoms with van der Waals surface area (Å²) in [4.78, 5) is 13.8. The van der Waals surface area contributed by atoms with Crippen molar-refractivity contribution in [2.75, 3.05) is 19.6 Å². The second kappa shape index (κ2) is 5.70. The third kappa shape index (κ3) is 3.22. The average Bonchev–Trinajstić information content (AvgIpc) is 2.86. The third-order valence-electron chi connectivity index (χ3n) is 2.81. The van der Waals surface area contributed by atoms with Crippen molar-refractivity contribution in [1.82, 2.24) is 19.8 Å². The number of piperidine rings is 1. The number of carbonyl (C=O) groups excluding carboxylic acids is 1. The first-order chi connectivity index (χ1) is 8.29. The van der Waals surface area contributed by atoms with Crippen LogP contribution in [0.25, 0.3) is 0 Å². The predicted octanol–water partition coefficient (Wildman–Crippen LogP) is 0.256. The average molecular weight is 251 g/mol. The summed E-state index contributed by atoms with van der Waals surface area (Å²) < 4.78 is 3.66. The van der Waals surface area contributed by atoms with Gasteiger partial charge in [0.05, 0.1) is 12.6 Å². The number of likely N-dealkylation sites (tertiary alicyclic amines) is 1. The van der Waals surface area contributed by atoms with Gasteiger partial charge in [0.25, 0.3) is 5.91 Å². The van der Waals surface area contributed by atoms with Crippen LogP contribution in [0.1, 0.15) is 23.3 Å². The number of carbonyl (C=O) groups is 1. The van der Waals surface area contributed by atoms with Crippen LogP contribution in [0.4, 0.5) is 0 Å². The topological polar surface area (TPSA) is 81.9 Å². The number of nitrogens with one attached hydrogen (secondary N) is 1. The number of rotatable bonds is 3. The van der Waals surface area contributed by atoms with Gasteiger partial charge in [-0.3, -0.25) is 9.69 Å². The molecule has 1 fully saturated rings. The molecular formula is C10H13N5OS. The molecule has 1 aliphatic heterocycles. The summed E-state index contributed by atoms with van der Waals surface area (Å²) >= 11 is 1.17. The lowest BCUT2D eigenvalue weighted by Crippen LogP contribution is -2.44. The van der Waals surface area contributed by atoms with Gasteiger partial charge in [-0.05, 0) is 24.4 Å². The molecule has 90 valence electrons. The maximum absolute atomic E-state index is 11.7. The minimum atomic E-state index is -0.155. The lowest BCUT2D eigenvalue weighted by Gasteiger charge is -2.30. The molecule has 6 nitrogen and oxygen atoms in total. The Labute approximate surface area is 103 Å². The smallest absolute Gasteiger partial charge is 0.272 e. The highest BCUT2D eigenvalue weighted by Gasteiger charge is 2.21. The Morgan fingerprint density at radius 3 is 3.00 bits per heavy atom. The van der Waals surface area contributed by atoms with E-state index in [2.05, 4.69) is 25.9 Å². The largest absolute Gasteiger partial charge is 0.348 e. The van der Waals surface area contributed by atoms with Gasteiger partial charge in [-0.25, -0.2) is 0 Å². The molecule has 0 aliphatic carbocycles. The molecule has 1 N–H and O–H groups in total. The first-order valence-electron chi connectivity index (χ1n) is 5.47. The molecule has 0 bridgehead atoms. The molecular weight excluding hydrogens is 238 g/mol. The number of hydrogen-bond acceptors (Lipinski definition) is 6. The molecule has 1 aromatic rings. The van der Waals surface area contributed by atoms with E-state index in [4.69, 9.17) is 5.26 Å². The van der Waals surface area contributed by atoms with Crippen molar-refractivity contribution >= 4 is 17.4 Å². The lowest BCUT2D eigenvalue weighted by atomic mass is 10.1. The maximum atomic E-state index is 11.7. The Balaban J connectivity index is 1.79. The normalized spacial score (nSPS) is 17.6. The Hall–Kier alpha value is -1.52. The van der Waals surface area contributed by atoms with Gasteiger partial charge in [0.15, 0.2) is 5.69 Å². The van der Waals surface area contributed by atoms with E-state index in [1.807, 2.05) is 0 Å². The number of aromatic nitrogens is 2. The minimum absolute atomic E-state index is 0.155. The molecule has 0 radical (unpaired) electrons. The number of amides is 1. The Bertz CT molecular complexity index is 405. The first kappa shape index (κ1) is 12.0. The van der Waals surface area contributed by atoms with Crippen molar-refractivity contribution in [2.24, 2.45) is 0 Å². The summed E-state index contributed by atoms with van der Waals surface area (Å²) in [5, 5.41) is 16.9. The van der Waals surface area contributed by atoms with Crippen molar-refractivity contribution in [3.63, 3.8) is 0 Å². The summed E-state index contributed by atoms with van der Waals surface area (Å²) in [6.07, 6.45) is 1.76. The van der Waals surface area contributed by atoms with Crippen molar-refractivity contribution in [2.45, 2.75) is 18.9 Å². The molecule has 1 amide bonds. The molecule has 0 aromatic carbocycles. The van der Waals surface area contributed by atoms with E-state index in [1.165, 1.54) is 11.5 Å². The fourth-order valence-electron chi connectivity index (χ4n) is 1.86. The van der Waals surface area contributed by atoms with Crippen molar-refractivity contribution in [3.05, 3.63) is 11.1 Å². The minimum Gasteiger partial charge on any atom is -0.348 e.